The number of rotatable bonds is 4. The summed E-state index contributed by atoms with van der Waals surface area (Å²) in [5.74, 6) is 0.376. The van der Waals surface area contributed by atoms with Gasteiger partial charge in [-0.1, -0.05) is 23.8 Å². The molecular formula is C18H16N2OS. The van der Waals surface area contributed by atoms with Crippen LogP contribution in [0.25, 0.3) is 10.9 Å². The minimum Gasteiger partial charge on any atom is -0.325 e. The fraction of sp³-hybridized carbons (Fsp3) is 0.111. The summed E-state index contributed by atoms with van der Waals surface area (Å²) in [4.78, 5) is 17.5. The molecule has 1 heterocycles. The van der Waals surface area contributed by atoms with E-state index in [4.69, 9.17) is 0 Å². The highest BCUT2D eigenvalue weighted by molar-refractivity contribution is 8.00. The number of aromatic nitrogens is 1. The lowest BCUT2D eigenvalue weighted by Crippen LogP contribution is -2.14. The van der Waals surface area contributed by atoms with Crippen LogP contribution in [0.5, 0.6) is 0 Å². The van der Waals surface area contributed by atoms with Gasteiger partial charge in [0.25, 0.3) is 0 Å². The van der Waals surface area contributed by atoms with Crippen molar-refractivity contribution in [3.05, 3.63) is 66.4 Å². The average molecular weight is 308 g/mol. The SMILES string of the molecule is Cc1ccc(SCC(=O)Nc2cccc3ncccc23)cc1. The second-order valence-electron chi connectivity index (χ2n) is 5.03. The molecule has 0 radical (unpaired) electrons. The molecule has 22 heavy (non-hydrogen) atoms. The van der Waals surface area contributed by atoms with Crippen LogP contribution in [0.3, 0.4) is 0 Å². The van der Waals surface area contributed by atoms with E-state index in [0.29, 0.717) is 5.75 Å². The summed E-state index contributed by atoms with van der Waals surface area (Å²) in [6.45, 7) is 2.05. The van der Waals surface area contributed by atoms with Crippen LogP contribution in [0.4, 0.5) is 5.69 Å². The van der Waals surface area contributed by atoms with Crippen molar-refractivity contribution in [2.75, 3.05) is 11.1 Å². The van der Waals surface area contributed by atoms with E-state index < -0.39 is 0 Å². The quantitative estimate of drug-likeness (QED) is 0.732. The van der Waals surface area contributed by atoms with E-state index in [1.165, 1.54) is 17.3 Å². The molecule has 0 saturated heterocycles. The van der Waals surface area contributed by atoms with E-state index in [0.717, 1.165) is 21.5 Å². The third-order valence-corrected chi connectivity index (χ3v) is 4.32. The molecule has 0 aliphatic heterocycles. The number of fused-ring (bicyclic) bond motifs is 1. The fourth-order valence-electron chi connectivity index (χ4n) is 2.18. The topological polar surface area (TPSA) is 42.0 Å². The van der Waals surface area contributed by atoms with Gasteiger partial charge in [-0.3, -0.25) is 9.78 Å². The predicted octanol–water partition coefficient (Wildman–Crippen LogP) is 4.27. The number of hydrogen-bond acceptors (Lipinski definition) is 3. The number of aryl methyl sites for hydroxylation is 1. The molecule has 0 aliphatic carbocycles. The van der Waals surface area contributed by atoms with Crippen LogP contribution in [-0.4, -0.2) is 16.6 Å². The maximum Gasteiger partial charge on any atom is 0.234 e. The molecule has 0 aliphatic rings. The molecule has 4 heteroatoms. The number of nitrogens with zero attached hydrogens (tertiary/aromatic N) is 1. The van der Waals surface area contributed by atoms with E-state index in [2.05, 4.69) is 29.4 Å². The minimum absolute atomic E-state index is 0.0121. The summed E-state index contributed by atoms with van der Waals surface area (Å²) in [6.07, 6.45) is 1.75. The van der Waals surface area contributed by atoms with E-state index in [9.17, 15) is 4.79 Å². The molecule has 0 spiro atoms. The van der Waals surface area contributed by atoms with Crippen molar-refractivity contribution < 1.29 is 4.79 Å². The first-order valence-electron chi connectivity index (χ1n) is 7.05. The lowest BCUT2D eigenvalue weighted by atomic mass is 10.2. The van der Waals surface area contributed by atoms with Crippen LogP contribution in [-0.2, 0) is 4.79 Å². The Morgan fingerprint density at radius 2 is 1.91 bits per heavy atom. The van der Waals surface area contributed by atoms with E-state index in [1.54, 1.807) is 6.20 Å². The van der Waals surface area contributed by atoms with Gasteiger partial charge in [0, 0.05) is 16.5 Å². The number of carbonyl (C=O) groups is 1. The number of amides is 1. The number of carbonyl (C=O) groups excluding carboxylic acids is 1. The molecule has 1 N–H and O–H groups in total. The first-order valence-corrected chi connectivity index (χ1v) is 8.04. The predicted molar refractivity (Wildman–Crippen MR) is 92.3 cm³/mol. The lowest BCUT2D eigenvalue weighted by molar-refractivity contribution is -0.113. The summed E-state index contributed by atoms with van der Waals surface area (Å²) in [5, 5.41) is 3.92. The molecule has 0 atom stereocenters. The first-order chi connectivity index (χ1) is 10.7. The number of nitrogens with one attached hydrogen (secondary N) is 1. The van der Waals surface area contributed by atoms with Crippen LogP contribution in [0, 0.1) is 6.92 Å². The molecule has 2 aromatic carbocycles. The highest BCUT2D eigenvalue weighted by Gasteiger charge is 2.06. The monoisotopic (exact) mass is 308 g/mol. The van der Waals surface area contributed by atoms with Crippen LogP contribution < -0.4 is 5.32 Å². The lowest BCUT2D eigenvalue weighted by Gasteiger charge is -2.08. The van der Waals surface area contributed by atoms with E-state index >= 15 is 0 Å². The minimum atomic E-state index is -0.0121. The van der Waals surface area contributed by atoms with Crippen LogP contribution in [0.1, 0.15) is 5.56 Å². The molecule has 1 aromatic heterocycles. The van der Waals surface area contributed by atoms with Crippen molar-refractivity contribution in [3.8, 4) is 0 Å². The maximum atomic E-state index is 12.1. The number of anilines is 1. The Hall–Kier alpha value is -2.33. The van der Waals surface area contributed by atoms with Gasteiger partial charge >= 0.3 is 0 Å². The van der Waals surface area contributed by atoms with Gasteiger partial charge in [-0.15, -0.1) is 11.8 Å². The van der Waals surface area contributed by atoms with Gasteiger partial charge in [-0.05, 0) is 43.3 Å². The molecule has 1 amide bonds. The Labute approximate surface area is 133 Å². The highest BCUT2D eigenvalue weighted by Crippen LogP contribution is 2.22. The van der Waals surface area contributed by atoms with Crippen molar-refractivity contribution in [2.24, 2.45) is 0 Å². The largest absolute Gasteiger partial charge is 0.325 e. The van der Waals surface area contributed by atoms with Crippen LogP contribution in [0.2, 0.25) is 0 Å². The second-order valence-corrected chi connectivity index (χ2v) is 6.07. The molecular weight excluding hydrogens is 292 g/mol. The zero-order chi connectivity index (χ0) is 15.4. The maximum absolute atomic E-state index is 12.1. The zero-order valence-corrected chi connectivity index (χ0v) is 13.1. The molecule has 110 valence electrons. The first kappa shape index (κ1) is 14.6. The fourth-order valence-corrected chi connectivity index (χ4v) is 2.88. The van der Waals surface area contributed by atoms with Crippen molar-refractivity contribution in [1.82, 2.24) is 4.98 Å². The molecule has 0 bridgehead atoms. The number of benzene rings is 2. The Morgan fingerprint density at radius 3 is 2.73 bits per heavy atom. The average Bonchev–Trinajstić information content (AvgIpc) is 2.55. The van der Waals surface area contributed by atoms with Gasteiger partial charge in [0.1, 0.15) is 0 Å². The Bertz CT molecular complexity index is 794. The van der Waals surface area contributed by atoms with Crippen molar-refractivity contribution in [2.45, 2.75) is 11.8 Å². The normalized spacial score (nSPS) is 10.6. The number of hydrogen-bond donors (Lipinski definition) is 1. The zero-order valence-electron chi connectivity index (χ0n) is 12.2. The Kier molecular flexibility index (Phi) is 4.39. The molecule has 0 unspecified atom stereocenters. The van der Waals surface area contributed by atoms with Gasteiger partial charge in [0.15, 0.2) is 0 Å². The van der Waals surface area contributed by atoms with Gasteiger partial charge in [-0.25, -0.2) is 0 Å². The molecule has 0 fully saturated rings. The number of pyridine rings is 1. The van der Waals surface area contributed by atoms with Crippen LogP contribution in [0.15, 0.2) is 65.7 Å². The smallest absolute Gasteiger partial charge is 0.234 e. The van der Waals surface area contributed by atoms with Crippen molar-refractivity contribution >= 4 is 34.3 Å². The van der Waals surface area contributed by atoms with E-state index in [-0.39, 0.29) is 5.91 Å². The molecule has 3 rings (SSSR count). The third kappa shape index (κ3) is 3.46. The molecule has 3 aromatic rings. The standard InChI is InChI=1S/C18H16N2OS/c1-13-7-9-14(10-8-13)22-12-18(21)20-17-6-2-5-16-15(17)4-3-11-19-16/h2-11H,12H2,1H3,(H,20,21). The van der Waals surface area contributed by atoms with Gasteiger partial charge in [0.05, 0.1) is 17.0 Å². The van der Waals surface area contributed by atoms with Gasteiger partial charge < -0.3 is 5.32 Å². The Morgan fingerprint density at radius 1 is 1.09 bits per heavy atom. The molecule has 0 saturated carbocycles. The van der Waals surface area contributed by atoms with Crippen LogP contribution >= 0.6 is 11.8 Å². The molecule has 3 nitrogen and oxygen atoms in total. The van der Waals surface area contributed by atoms with E-state index in [1.807, 2.05) is 42.5 Å². The van der Waals surface area contributed by atoms with Crippen molar-refractivity contribution in [1.29, 1.82) is 0 Å². The summed E-state index contributed by atoms with van der Waals surface area (Å²) in [7, 11) is 0. The van der Waals surface area contributed by atoms with Gasteiger partial charge in [-0.2, -0.15) is 0 Å². The Balaban J connectivity index is 1.67. The number of thioether (sulfide) groups is 1. The summed E-state index contributed by atoms with van der Waals surface area (Å²) < 4.78 is 0. The summed E-state index contributed by atoms with van der Waals surface area (Å²) >= 11 is 1.53. The van der Waals surface area contributed by atoms with Crippen molar-refractivity contribution in [3.63, 3.8) is 0 Å². The summed E-state index contributed by atoms with van der Waals surface area (Å²) in [5.41, 5.74) is 2.91. The summed E-state index contributed by atoms with van der Waals surface area (Å²) in [6, 6.07) is 17.8. The second kappa shape index (κ2) is 6.62. The highest BCUT2D eigenvalue weighted by atomic mass is 32.2. The van der Waals surface area contributed by atoms with Gasteiger partial charge in [0.2, 0.25) is 5.91 Å². The third-order valence-electron chi connectivity index (χ3n) is 3.31.